The number of hydrogen-bond acceptors (Lipinski definition) is 5. The summed E-state index contributed by atoms with van der Waals surface area (Å²) in [7, 11) is 0. The molecule has 2 amide bonds. The number of para-hydroxylation sites is 1. The minimum Gasteiger partial charge on any atom is -0.337 e. The second-order valence-electron chi connectivity index (χ2n) is 5.61. The van der Waals surface area contributed by atoms with E-state index in [4.69, 9.17) is 0 Å². The Morgan fingerprint density at radius 2 is 1.67 bits per heavy atom. The molecule has 0 saturated carbocycles. The van der Waals surface area contributed by atoms with Crippen molar-refractivity contribution < 1.29 is 14.0 Å². The van der Waals surface area contributed by atoms with E-state index in [1.165, 1.54) is 25.4 Å². The molecule has 7 nitrogen and oxygen atoms in total. The molecule has 2 aromatic carbocycles. The summed E-state index contributed by atoms with van der Waals surface area (Å²) in [5, 5.41) is 8.11. The average Bonchev–Trinajstić information content (AvgIpc) is 2.64. The lowest BCUT2D eigenvalue weighted by Gasteiger charge is -2.08. The number of nitrogens with zero attached hydrogens (tertiary/aromatic N) is 2. The zero-order chi connectivity index (χ0) is 19.2. The lowest BCUT2D eigenvalue weighted by molar-refractivity contribution is -0.114. The number of carbonyl (C=O) groups is 2. The molecule has 0 spiro atoms. The fraction of sp³-hybridized carbons (Fsp3) is 0.0526. The Balaban J connectivity index is 1.67. The van der Waals surface area contributed by atoms with Gasteiger partial charge in [-0.15, -0.1) is 0 Å². The first-order valence-electron chi connectivity index (χ1n) is 8.04. The summed E-state index contributed by atoms with van der Waals surface area (Å²) in [6, 6.07) is 12.9. The monoisotopic (exact) mass is 365 g/mol. The molecule has 0 aliphatic heterocycles. The highest BCUT2D eigenvalue weighted by Crippen LogP contribution is 2.18. The minimum atomic E-state index is -0.458. The van der Waals surface area contributed by atoms with E-state index in [0.717, 1.165) is 0 Å². The molecule has 27 heavy (non-hydrogen) atoms. The van der Waals surface area contributed by atoms with Crippen molar-refractivity contribution in [1.82, 2.24) is 9.97 Å². The van der Waals surface area contributed by atoms with E-state index >= 15 is 0 Å². The number of anilines is 4. The van der Waals surface area contributed by atoms with Crippen molar-refractivity contribution in [3.63, 3.8) is 0 Å². The molecule has 1 aromatic heterocycles. The second kappa shape index (κ2) is 8.05. The Bertz CT molecular complexity index is 976. The molecule has 0 fully saturated rings. The molecule has 0 saturated heterocycles. The number of rotatable bonds is 5. The topological polar surface area (TPSA) is 96.0 Å². The lowest BCUT2D eigenvalue weighted by atomic mass is 10.2. The smallest absolute Gasteiger partial charge is 0.275 e. The van der Waals surface area contributed by atoms with E-state index in [2.05, 4.69) is 25.9 Å². The number of hydrogen-bond donors (Lipinski definition) is 3. The summed E-state index contributed by atoms with van der Waals surface area (Å²) in [6.45, 7) is 1.40. The molecule has 0 aliphatic carbocycles. The van der Waals surface area contributed by atoms with Crippen molar-refractivity contribution in [3.8, 4) is 0 Å². The highest BCUT2D eigenvalue weighted by atomic mass is 19.1. The summed E-state index contributed by atoms with van der Waals surface area (Å²) in [4.78, 5) is 31.5. The molecule has 8 heteroatoms. The highest BCUT2D eigenvalue weighted by molar-refractivity contribution is 6.03. The van der Waals surface area contributed by atoms with Gasteiger partial charge < -0.3 is 16.0 Å². The van der Waals surface area contributed by atoms with Gasteiger partial charge in [-0.3, -0.25) is 9.59 Å². The molecule has 3 aromatic rings. The first-order valence-corrected chi connectivity index (χ1v) is 8.04. The van der Waals surface area contributed by atoms with E-state index in [1.807, 2.05) is 0 Å². The molecular weight excluding hydrogens is 349 g/mol. The summed E-state index contributed by atoms with van der Waals surface area (Å²) in [5.41, 5.74) is 1.43. The van der Waals surface area contributed by atoms with Crippen molar-refractivity contribution in [1.29, 1.82) is 0 Å². The van der Waals surface area contributed by atoms with Gasteiger partial charge >= 0.3 is 0 Å². The Morgan fingerprint density at radius 3 is 2.33 bits per heavy atom. The number of nitrogens with one attached hydrogen (secondary N) is 3. The third-order valence-electron chi connectivity index (χ3n) is 3.46. The molecule has 0 atom stereocenters. The fourth-order valence-corrected chi connectivity index (χ4v) is 2.28. The SMILES string of the molecule is CC(=O)Nc1cccc(NC(=O)c2cnc(Nc3ccccc3F)cn2)c1. The first-order chi connectivity index (χ1) is 13.0. The van der Waals surface area contributed by atoms with E-state index in [-0.39, 0.29) is 17.3 Å². The van der Waals surface area contributed by atoms with Crippen LogP contribution in [0.25, 0.3) is 0 Å². The first kappa shape index (κ1) is 18.0. The van der Waals surface area contributed by atoms with Crippen LogP contribution in [-0.2, 0) is 4.79 Å². The van der Waals surface area contributed by atoms with Gasteiger partial charge in [-0.25, -0.2) is 14.4 Å². The number of benzene rings is 2. The Labute approximate surface area is 154 Å². The van der Waals surface area contributed by atoms with Crippen LogP contribution in [0.2, 0.25) is 0 Å². The van der Waals surface area contributed by atoms with Gasteiger partial charge in [0.2, 0.25) is 5.91 Å². The fourth-order valence-electron chi connectivity index (χ4n) is 2.28. The van der Waals surface area contributed by atoms with Crippen LogP contribution in [0.1, 0.15) is 17.4 Å². The van der Waals surface area contributed by atoms with Crippen LogP contribution in [0.4, 0.5) is 27.3 Å². The van der Waals surface area contributed by atoms with Gasteiger partial charge in [0.25, 0.3) is 5.91 Å². The number of carbonyl (C=O) groups excluding carboxylic acids is 2. The minimum absolute atomic E-state index is 0.0963. The number of aromatic nitrogens is 2. The predicted molar refractivity (Wildman–Crippen MR) is 100 cm³/mol. The summed E-state index contributed by atoms with van der Waals surface area (Å²) in [6.07, 6.45) is 2.63. The highest BCUT2D eigenvalue weighted by Gasteiger charge is 2.10. The predicted octanol–water partition coefficient (Wildman–Crippen LogP) is 3.57. The molecule has 0 unspecified atom stereocenters. The van der Waals surface area contributed by atoms with Gasteiger partial charge in [0.1, 0.15) is 17.3 Å². The van der Waals surface area contributed by atoms with Crippen LogP contribution in [0, 0.1) is 5.82 Å². The van der Waals surface area contributed by atoms with Crippen molar-refractivity contribution in [2.75, 3.05) is 16.0 Å². The van der Waals surface area contributed by atoms with Gasteiger partial charge in [-0.1, -0.05) is 18.2 Å². The van der Waals surface area contributed by atoms with E-state index in [0.29, 0.717) is 17.2 Å². The van der Waals surface area contributed by atoms with Gasteiger partial charge in [-0.2, -0.15) is 0 Å². The van der Waals surface area contributed by atoms with Gasteiger partial charge in [-0.05, 0) is 30.3 Å². The number of halogens is 1. The van der Waals surface area contributed by atoms with E-state index < -0.39 is 11.7 Å². The zero-order valence-electron chi connectivity index (χ0n) is 14.4. The molecule has 0 radical (unpaired) electrons. The molecule has 3 N–H and O–H groups in total. The molecule has 136 valence electrons. The third-order valence-corrected chi connectivity index (χ3v) is 3.46. The second-order valence-corrected chi connectivity index (χ2v) is 5.61. The molecule has 1 heterocycles. The van der Waals surface area contributed by atoms with E-state index in [9.17, 15) is 14.0 Å². The van der Waals surface area contributed by atoms with Gasteiger partial charge in [0, 0.05) is 18.3 Å². The normalized spacial score (nSPS) is 10.1. The Morgan fingerprint density at radius 1 is 0.926 bits per heavy atom. The summed E-state index contributed by atoms with van der Waals surface area (Å²) >= 11 is 0. The van der Waals surface area contributed by atoms with Crippen molar-refractivity contribution in [3.05, 3.63) is 72.4 Å². The van der Waals surface area contributed by atoms with Crippen LogP contribution in [0.5, 0.6) is 0 Å². The largest absolute Gasteiger partial charge is 0.337 e. The average molecular weight is 365 g/mol. The Hall–Kier alpha value is -3.81. The van der Waals surface area contributed by atoms with Crippen molar-refractivity contribution >= 4 is 34.7 Å². The van der Waals surface area contributed by atoms with Crippen molar-refractivity contribution in [2.24, 2.45) is 0 Å². The lowest BCUT2D eigenvalue weighted by Crippen LogP contribution is -2.14. The standard InChI is InChI=1S/C19H16FN5O2/c1-12(26)23-13-5-4-6-14(9-13)24-19(27)17-10-22-18(11-21-17)25-16-8-3-2-7-15(16)20/h2-11H,1H3,(H,22,25)(H,23,26)(H,24,27). The summed E-state index contributed by atoms with van der Waals surface area (Å²) in [5.74, 6) is -0.772. The van der Waals surface area contributed by atoms with Crippen molar-refractivity contribution in [2.45, 2.75) is 6.92 Å². The molecular formula is C19H16FN5O2. The maximum absolute atomic E-state index is 13.6. The third kappa shape index (κ3) is 4.85. The maximum atomic E-state index is 13.6. The van der Waals surface area contributed by atoms with Crippen LogP contribution in [0.15, 0.2) is 60.9 Å². The summed E-state index contributed by atoms with van der Waals surface area (Å²) < 4.78 is 13.6. The maximum Gasteiger partial charge on any atom is 0.275 e. The Kier molecular flexibility index (Phi) is 5.36. The van der Waals surface area contributed by atoms with Gasteiger partial charge in [0.15, 0.2) is 0 Å². The van der Waals surface area contributed by atoms with Crippen LogP contribution >= 0.6 is 0 Å². The zero-order valence-corrected chi connectivity index (χ0v) is 14.4. The van der Waals surface area contributed by atoms with E-state index in [1.54, 1.807) is 42.5 Å². The van der Waals surface area contributed by atoms with Crippen LogP contribution < -0.4 is 16.0 Å². The molecule has 0 bridgehead atoms. The quantitative estimate of drug-likeness (QED) is 0.642. The molecule has 0 aliphatic rings. The van der Waals surface area contributed by atoms with Crippen LogP contribution in [-0.4, -0.2) is 21.8 Å². The molecule has 3 rings (SSSR count). The van der Waals surface area contributed by atoms with Gasteiger partial charge in [0.05, 0.1) is 18.1 Å². The number of amides is 2. The van der Waals surface area contributed by atoms with Crippen LogP contribution in [0.3, 0.4) is 0 Å².